The molecule has 1 aromatic heterocycles. The summed E-state index contributed by atoms with van der Waals surface area (Å²) in [5, 5.41) is 3.83. The smallest absolute Gasteiger partial charge is 0.292 e. The molecule has 1 aliphatic heterocycles. The van der Waals surface area contributed by atoms with Gasteiger partial charge in [-0.2, -0.15) is 0 Å². The number of likely N-dealkylation sites (N-methyl/N-ethyl adjacent to an activating group) is 1. The van der Waals surface area contributed by atoms with Crippen molar-refractivity contribution >= 4 is 5.91 Å². The van der Waals surface area contributed by atoms with Crippen LogP contribution < -0.4 is 0 Å². The van der Waals surface area contributed by atoms with E-state index in [4.69, 9.17) is 4.52 Å². The lowest BCUT2D eigenvalue weighted by Crippen LogP contribution is -2.42. The van der Waals surface area contributed by atoms with Crippen molar-refractivity contribution < 1.29 is 9.32 Å². The summed E-state index contributed by atoms with van der Waals surface area (Å²) in [6.45, 7) is 8.65. The van der Waals surface area contributed by atoms with Crippen molar-refractivity contribution in [3.8, 4) is 0 Å². The van der Waals surface area contributed by atoms with Gasteiger partial charge in [-0.25, -0.2) is 0 Å². The zero-order valence-electron chi connectivity index (χ0n) is 14.6. The van der Waals surface area contributed by atoms with E-state index in [0.29, 0.717) is 18.3 Å². The molecular weight excluding hydrogens is 302 g/mol. The number of hydrogen-bond acceptors (Lipinski definition) is 4. The van der Waals surface area contributed by atoms with Crippen molar-refractivity contribution in [2.45, 2.75) is 39.3 Å². The fourth-order valence-electron chi connectivity index (χ4n) is 3.49. The van der Waals surface area contributed by atoms with E-state index in [0.717, 1.165) is 25.2 Å². The summed E-state index contributed by atoms with van der Waals surface area (Å²) in [5.74, 6) is 0.279. The van der Waals surface area contributed by atoms with Crippen LogP contribution in [0, 0.1) is 6.92 Å². The average molecular weight is 327 g/mol. The Morgan fingerprint density at radius 3 is 2.79 bits per heavy atom. The molecule has 1 aliphatic rings. The second-order valence-electron chi connectivity index (χ2n) is 6.45. The monoisotopic (exact) mass is 327 g/mol. The van der Waals surface area contributed by atoms with E-state index in [9.17, 15) is 4.79 Å². The number of amides is 1. The fraction of sp³-hybridized carbons (Fsp3) is 0.474. The molecule has 3 rings (SSSR count). The molecule has 5 nitrogen and oxygen atoms in total. The normalized spacial score (nSPS) is 19.4. The number of carbonyl (C=O) groups is 1. The minimum Gasteiger partial charge on any atom is -0.351 e. The van der Waals surface area contributed by atoms with E-state index in [1.807, 2.05) is 24.8 Å². The van der Waals surface area contributed by atoms with E-state index in [-0.39, 0.29) is 11.9 Å². The minimum absolute atomic E-state index is 0.0580. The maximum atomic E-state index is 12.7. The molecule has 0 N–H and O–H groups in total. The van der Waals surface area contributed by atoms with Gasteiger partial charge in [0.25, 0.3) is 5.91 Å². The van der Waals surface area contributed by atoms with Crippen LogP contribution in [-0.4, -0.2) is 46.5 Å². The molecule has 0 bridgehead atoms. The van der Waals surface area contributed by atoms with Gasteiger partial charge in [-0.05, 0) is 32.8 Å². The molecule has 1 amide bonds. The quantitative estimate of drug-likeness (QED) is 0.845. The second-order valence-corrected chi connectivity index (χ2v) is 6.45. The summed E-state index contributed by atoms with van der Waals surface area (Å²) >= 11 is 0. The SMILES string of the molecule is CCN(C(=O)c1cc(C)no1)[C@H]1CCN([C@@H](C)c2ccccc2)C1. The first kappa shape index (κ1) is 16.7. The standard InChI is InChI=1S/C19H25N3O2/c1-4-22(19(23)18-12-14(2)20-24-18)17-10-11-21(13-17)15(3)16-8-6-5-7-9-16/h5-9,12,15,17H,4,10-11,13H2,1-3H3/t15-,17-/m0/s1. The maximum absolute atomic E-state index is 12.7. The van der Waals surface area contributed by atoms with Crippen molar-refractivity contribution in [2.75, 3.05) is 19.6 Å². The third kappa shape index (κ3) is 3.36. The summed E-state index contributed by atoms with van der Waals surface area (Å²) in [6, 6.07) is 12.8. The first-order valence-electron chi connectivity index (χ1n) is 8.63. The number of nitrogens with zero attached hydrogens (tertiary/aromatic N) is 3. The summed E-state index contributed by atoms with van der Waals surface area (Å²) in [4.78, 5) is 17.1. The zero-order valence-corrected chi connectivity index (χ0v) is 14.6. The van der Waals surface area contributed by atoms with E-state index in [1.165, 1.54) is 5.56 Å². The lowest BCUT2D eigenvalue weighted by Gasteiger charge is -2.29. The number of benzene rings is 1. The Bertz CT molecular complexity index is 683. The molecule has 0 saturated carbocycles. The van der Waals surface area contributed by atoms with Crippen LogP contribution in [0.5, 0.6) is 0 Å². The number of likely N-dealkylation sites (tertiary alicyclic amines) is 1. The lowest BCUT2D eigenvalue weighted by atomic mass is 10.1. The molecule has 5 heteroatoms. The number of hydrogen-bond donors (Lipinski definition) is 0. The summed E-state index contributed by atoms with van der Waals surface area (Å²) in [7, 11) is 0. The highest BCUT2D eigenvalue weighted by Crippen LogP contribution is 2.27. The predicted octanol–water partition coefficient (Wildman–Crippen LogP) is 3.28. The first-order valence-corrected chi connectivity index (χ1v) is 8.63. The first-order chi connectivity index (χ1) is 11.6. The van der Waals surface area contributed by atoms with E-state index in [2.05, 4.69) is 41.2 Å². The molecule has 1 fully saturated rings. The molecule has 1 saturated heterocycles. The van der Waals surface area contributed by atoms with E-state index >= 15 is 0 Å². The van der Waals surface area contributed by atoms with Crippen LogP contribution in [0.3, 0.4) is 0 Å². The molecule has 2 heterocycles. The van der Waals surface area contributed by atoms with Crippen LogP contribution in [0.15, 0.2) is 40.9 Å². The van der Waals surface area contributed by atoms with Crippen molar-refractivity contribution in [1.29, 1.82) is 0 Å². The van der Waals surface area contributed by atoms with Crippen LogP contribution in [0.25, 0.3) is 0 Å². The Morgan fingerprint density at radius 2 is 2.17 bits per heavy atom. The zero-order chi connectivity index (χ0) is 17.1. The Balaban J connectivity index is 1.68. The highest BCUT2D eigenvalue weighted by Gasteiger charge is 2.33. The van der Waals surface area contributed by atoms with Crippen molar-refractivity contribution in [3.05, 3.63) is 53.4 Å². The number of aromatic nitrogens is 1. The molecule has 24 heavy (non-hydrogen) atoms. The van der Waals surface area contributed by atoms with Crippen molar-refractivity contribution in [2.24, 2.45) is 0 Å². The molecule has 0 unspecified atom stereocenters. The Hall–Kier alpha value is -2.14. The maximum Gasteiger partial charge on any atom is 0.292 e. The molecule has 128 valence electrons. The number of carbonyl (C=O) groups excluding carboxylic acids is 1. The second kappa shape index (κ2) is 7.18. The summed E-state index contributed by atoms with van der Waals surface area (Å²) in [5.41, 5.74) is 2.05. The molecular formula is C19H25N3O2. The van der Waals surface area contributed by atoms with Gasteiger partial charge in [0.2, 0.25) is 5.76 Å². The van der Waals surface area contributed by atoms with Gasteiger partial charge in [-0.15, -0.1) is 0 Å². The lowest BCUT2D eigenvalue weighted by molar-refractivity contribution is 0.0647. The van der Waals surface area contributed by atoms with Crippen LogP contribution in [0.4, 0.5) is 0 Å². The summed E-state index contributed by atoms with van der Waals surface area (Å²) < 4.78 is 5.16. The molecule has 0 spiro atoms. The van der Waals surface area contributed by atoms with E-state index in [1.54, 1.807) is 6.07 Å². The van der Waals surface area contributed by atoms with Crippen LogP contribution in [0.1, 0.15) is 48.1 Å². The van der Waals surface area contributed by atoms with E-state index < -0.39 is 0 Å². The minimum atomic E-state index is -0.0580. The van der Waals surface area contributed by atoms with Gasteiger partial charge in [-0.1, -0.05) is 35.5 Å². The Morgan fingerprint density at radius 1 is 1.42 bits per heavy atom. The van der Waals surface area contributed by atoms with Gasteiger partial charge < -0.3 is 9.42 Å². The molecule has 0 aliphatic carbocycles. The van der Waals surface area contributed by atoms with Crippen LogP contribution >= 0.6 is 0 Å². The van der Waals surface area contributed by atoms with Gasteiger partial charge in [-0.3, -0.25) is 9.69 Å². The van der Waals surface area contributed by atoms with Gasteiger partial charge in [0.05, 0.1) is 5.69 Å². The largest absolute Gasteiger partial charge is 0.351 e. The van der Waals surface area contributed by atoms with Crippen LogP contribution in [-0.2, 0) is 0 Å². The van der Waals surface area contributed by atoms with Crippen LogP contribution in [0.2, 0.25) is 0 Å². The third-order valence-corrected chi connectivity index (χ3v) is 4.91. The molecule has 1 aromatic carbocycles. The van der Waals surface area contributed by atoms with Gasteiger partial charge >= 0.3 is 0 Å². The highest BCUT2D eigenvalue weighted by atomic mass is 16.5. The highest BCUT2D eigenvalue weighted by molar-refractivity contribution is 5.91. The van der Waals surface area contributed by atoms with Gasteiger partial charge in [0, 0.05) is 37.8 Å². The fourth-order valence-corrected chi connectivity index (χ4v) is 3.49. The predicted molar refractivity (Wildman–Crippen MR) is 92.8 cm³/mol. The van der Waals surface area contributed by atoms with Crippen molar-refractivity contribution in [1.82, 2.24) is 15.0 Å². The third-order valence-electron chi connectivity index (χ3n) is 4.91. The summed E-state index contributed by atoms with van der Waals surface area (Å²) in [6.07, 6.45) is 0.990. The topological polar surface area (TPSA) is 49.6 Å². The Labute approximate surface area is 143 Å². The Kier molecular flexibility index (Phi) is 5.00. The van der Waals surface area contributed by atoms with Gasteiger partial charge in [0.1, 0.15) is 0 Å². The van der Waals surface area contributed by atoms with Gasteiger partial charge in [0.15, 0.2) is 0 Å². The molecule has 2 aromatic rings. The average Bonchev–Trinajstić information content (AvgIpc) is 3.25. The number of aryl methyl sites for hydroxylation is 1. The van der Waals surface area contributed by atoms with Crippen molar-refractivity contribution in [3.63, 3.8) is 0 Å². The molecule has 2 atom stereocenters. The number of rotatable bonds is 5. The molecule has 0 radical (unpaired) electrons.